The van der Waals surface area contributed by atoms with Gasteiger partial charge in [0.05, 0.1) is 27.8 Å². The standard InChI is InChI=1S/C25H19BrClNO4S2/c1-2-3-12-31-24(30)16-6-4-15(5-7-16)21-11-9-18(32-21)14-22-23(29)28(25(33)34-22)17-8-10-19(26)20(27)13-17/h4-11,13-14H,2-3,12H2,1H3/b22-14+. The Bertz CT molecular complexity index is 1290. The Balaban J connectivity index is 1.48. The first-order valence-electron chi connectivity index (χ1n) is 10.5. The Labute approximate surface area is 220 Å². The van der Waals surface area contributed by atoms with Crippen LogP contribution in [0.3, 0.4) is 0 Å². The Hall–Kier alpha value is -2.39. The van der Waals surface area contributed by atoms with E-state index in [9.17, 15) is 9.59 Å². The quantitative estimate of drug-likeness (QED) is 0.124. The average molecular weight is 577 g/mol. The normalized spacial score (nSPS) is 14.8. The summed E-state index contributed by atoms with van der Waals surface area (Å²) in [5.74, 6) is 0.561. The lowest BCUT2D eigenvalue weighted by atomic mass is 10.1. The molecule has 2 heterocycles. The summed E-state index contributed by atoms with van der Waals surface area (Å²) >= 11 is 16.2. The molecule has 1 aromatic heterocycles. The minimum Gasteiger partial charge on any atom is -0.462 e. The maximum Gasteiger partial charge on any atom is 0.338 e. The monoisotopic (exact) mass is 575 g/mol. The molecule has 174 valence electrons. The highest BCUT2D eigenvalue weighted by molar-refractivity contribution is 9.10. The molecule has 0 atom stereocenters. The lowest BCUT2D eigenvalue weighted by molar-refractivity contribution is -0.113. The highest BCUT2D eigenvalue weighted by Gasteiger charge is 2.33. The van der Waals surface area contributed by atoms with Crippen LogP contribution in [0.1, 0.15) is 35.9 Å². The van der Waals surface area contributed by atoms with Crippen LogP contribution in [-0.4, -0.2) is 22.8 Å². The molecule has 1 fully saturated rings. The van der Waals surface area contributed by atoms with Crippen molar-refractivity contribution in [1.82, 2.24) is 0 Å². The number of hydrogen-bond acceptors (Lipinski definition) is 6. The number of ether oxygens (including phenoxy) is 1. The van der Waals surface area contributed by atoms with E-state index in [4.69, 9.17) is 33.0 Å². The van der Waals surface area contributed by atoms with E-state index in [0.717, 1.165) is 22.9 Å². The summed E-state index contributed by atoms with van der Waals surface area (Å²) in [5.41, 5.74) is 1.90. The fourth-order valence-electron chi connectivity index (χ4n) is 3.19. The second kappa shape index (κ2) is 10.9. The van der Waals surface area contributed by atoms with E-state index in [1.165, 1.54) is 16.7 Å². The zero-order valence-electron chi connectivity index (χ0n) is 18.0. The highest BCUT2D eigenvalue weighted by atomic mass is 79.9. The van der Waals surface area contributed by atoms with Crippen LogP contribution in [0.5, 0.6) is 0 Å². The van der Waals surface area contributed by atoms with Crippen LogP contribution in [0.2, 0.25) is 5.02 Å². The van der Waals surface area contributed by atoms with E-state index in [0.29, 0.717) is 43.6 Å². The van der Waals surface area contributed by atoms with Gasteiger partial charge in [0.25, 0.3) is 5.91 Å². The molecule has 1 aliphatic rings. The minimum atomic E-state index is -0.339. The molecule has 0 radical (unpaired) electrons. The van der Waals surface area contributed by atoms with Crippen molar-refractivity contribution in [3.63, 3.8) is 0 Å². The van der Waals surface area contributed by atoms with Crippen molar-refractivity contribution >= 4 is 79.5 Å². The number of hydrogen-bond donors (Lipinski definition) is 0. The molecule has 34 heavy (non-hydrogen) atoms. The Kier molecular flexibility index (Phi) is 7.93. The van der Waals surface area contributed by atoms with Crippen LogP contribution in [0.4, 0.5) is 5.69 Å². The molecule has 1 saturated heterocycles. The van der Waals surface area contributed by atoms with E-state index >= 15 is 0 Å². The molecular weight excluding hydrogens is 558 g/mol. The number of carbonyl (C=O) groups is 2. The van der Waals surface area contributed by atoms with Gasteiger partial charge < -0.3 is 9.15 Å². The summed E-state index contributed by atoms with van der Waals surface area (Å²) in [7, 11) is 0. The number of rotatable bonds is 7. The van der Waals surface area contributed by atoms with E-state index in [1.54, 1.807) is 54.6 Å². The molecule has 0 N–H and O–H groups in total. The van der Waals surface area contributed by atoms with Crippen LogP contribution in [0, 0.1) is 0 Å². The largest absolute Gasteiger partial charge is 0.462 e. The number of thioether (sulfide) groups is 1. The number of benzene rings is 2. The predicted molar refractivity (Wildman–Crippen MR) is 144 cm³/mol. The summed E-state index contributed by atoms with van der Waals surface area (Å²) in [6.45, 7) is 2.46. The molecule has 5 nitrogen and oxygen atoms in total. The first-order chi connectivity index (χ1) is 16.4. The van der Waals surface area contributed by atoms with Gasteiger partial charge in [0, 0.05) is 16.1 Å². The lowest BCUT2D eigenvalue weighted by Gasteiger charge is -2.15. The average Bonchev–Trinajstić information content (AvgIpc) is 3.40. The Morgan fingerprint density at radius 3 is 2.68 bits per heavy atom. The molecule has 0 aliphatic carbocycles. The zero-order valence-corrected chi connectivity index (χ0v) is 22.0. The zero-order chi connectivity index (χ0) is 24.2. The third kappa shape index (κ3) is 5.46. The second-order valence-electron chi connectivity index (χ2n) is 7.38. The number of esters is 1. The van der Waals surface area contributed by atoms with Crippen molar-refractivity contribution in [2.24, 2.45) is 0 Å². The number of anilines is 1. The van der Waals surface area contributed by atoms with Gasteiger partial charge in [-0.2, -0.15) is 0 Å². The topological polar surface area (TPSA) is 59.8 Å². The molecule has 0 unspecified atom stereocenters. The molecule has 1 amide bonds. The number of furan rings is 1. The molecule has 1 aliphatic heterocycles. The minimum absolute atomic E-state index is 0.239. The number of halogens is 2. The Morgan fingerprint density at radius 1 is 1.21 bits per heavy atom. The summed E-state index contributed by atoms with van der Waals surface area (Å²) in [5, 5.41) is 0.492. The van der Waals surface area contributed by atoms with E-state index in [-0.39, 0.29) is 11.9 Å². The summed E-state index contributed by atoms with van der Waals surface area (Å²) in [6.07, 6.45) is 3.48. The second-order valence-corrected chi connectivity index (χ2v) is 10.3. The van der Waals surface area contributed by atoms with E-state index in [1.807, 2.05) is 13.0 Å². The molecule has 0 saturated carbocycles. The van der Waals surface area contributed by atoms with Crippen molar-refractivity contribution < 1.29 is 18.7 Å². The molecule has 2 aromatic carbocycles. The van der Waals surface area contributed by atoms with Gasteiger partial charge in [0.2, 0.25) is 0 Å². The highest BCUT2D eigenvalue weighted by Crippen LogP contribution is 2.38. The summed E-state index contributed by atoms with van der Waals surface area (Å²) < 4.78 is 12.3. The van der Waals surface area contributed by atoms with Gasteiger partial charge in [0.15, 0.2) is 4.32 Å². The maximum atomic E-state index is 13.0. The first-order valence-corrected chi connectivity index (χ1v) is 12.9. The number of nitrogens with zero attached hydrogens (tertiary/aromatic N) is 1. The van der Waals surface area contributed by atoms with Crippen molar-refractivity contribution in [2.45, 2.75) is 19.8 Å². The fraction of sp³-hybridized carbons (Fsp3) is 0.160. The van der Waals surface area contributed by atoms with Crippen molar-refractivity contribution in [3.8, 4) is 11.3 Å². The van der Waals surface area contributed by atoms with E-state index < -0.39 is 0 Å². The predicted octanol–water partition coefficient (Wildman–Crippen LogP) is 7.73. The van der Waals surface area contributed by atoms with E-state index in [2.05, 4.69) is 15.9 Å². The summed E-state index contributed by atoms with van der Waals surface area (Å²) in [6, 6.07) is 15.9. The van der Waals surface area contributed by atoms with Crippen LogP contribution >= 0.6 is 51.5 Å². The number of unbranched alkanes of at least 4 members (excludes halogenated alkanes) is 1. The van der Waals surface area contributed by atoms with Gasteiger partial charge in [-0.3, -0.25) is 9.69 Å². The van der Waals surface area contributed by atoms with Crippen LogP contribution in [-0.2, 0) is 9.53 Å². The molecule has 3 aromatic rings. The number of thiocarbonyl (C=S) groups is 1. The fourth-order valence-corrected chi connectivity index (χ4v) is 4.89. The molecule has 0 bridgehead atoms. The molecule has 9 heteroatoms. The van der Waals surface area contributed by atoms with Gasteiger partial charge in [0.1, 0.15) is 11.5 Å². The molecule has 4 rings (SSSR count). The van der Waals surface area contributed by atoms with Gasteiger partial charge in [-0.05, 0) is 64.8 Å². The molecular formula is C25H19BrClNO4S2. The Morgan fingerprint density at radius 2 is 1.97 bits per heavy atom. The summed E-state index contributed by atoms with van der Waals surface area (Å²) in [4.78, 5) is 27.0. The van der Waals surface area contributed by atoms with Crippen molar-refractivity contribution in [3.05, 3.63) is 80.3 Å². The number of carbonyl (C=O) groups excluding carboxylic acids is 2. The maximum absolute atomic E-state index is 13.0. The van der Waals surface area contributed by atoms with Crippen LogP contribution in [0.15, 0.2) is 68.4 Å². The number of amides is 1. The van der Waals surface area contributed by atoms with Gasteiger partial charge >= 0.3 is 5.97 Å². The smallest absolute Gasteiger partial charge is 0.338 e. The van der Waals surface area contributed by atoms with Gasteiger partial charge in [-0.25, -0.2) is 4.79 Å². The first kappa shape index (κ1) is 24.7. The van der Waals surface area contributed by atoms with Crippen LogP contribution in [0.25, 0.3) is 17.4 Å². The SMILES string of the molecule is CCCCOC(=O)c1ccc(-c2ccc(/C=C3/SC(=S)N(c4ccc(Br)c(Cl)c4)C3=O)o2)cc1. The van der Waals surface area contributed by atoms with Gasteiger partial charge in [-0.15, -0.1) is 0 Å². The lowest BCUT2D eigenvalue weighted by Crippen LogP contribution is -2.27. The van der Waals surface area contributed by atoms with Crippen LogP contribution < -0.4 is 4.90 Å². The van der Waals surface area contributed by atoms with Crippen molar-refractivity contribution in [2.75, 3.05) is 11.5 Å². The third-order valence-corrected chi connectivity index (χ3v) is 7.53. The molecule has 0 spiro atoms. The van der Waals surface area contributed by atoms with Gasteiger partial charge in [-0.1, -0.05) is 61.1 Å². The van der Waals surface area contributed by atoms with Crippen molar-refractivity contribution in [1.29, 1.82) is 0 Å². The third-order valence-electron chi connectivity index (χ3n) is 4.99.